The van der Waals surface area contributed by atoms with Crippen LogP contribution in [0.1, 0.15) is 71.1 Å². The molecule has 0 spiro atoms. The fraction of sp³-hybridized carbons (Fsp3) is 1.00. The van der Waals surface area contributed by atoms with Crippen molar-refractivity contribution in [2.24, 2.45) is 0 Å². The second kappa shape index (κ2) is 12.9. The molecule has 0 fully saturated rings. The third kappa shape index (κ3) is 14.8. The van der Waals surface area contributed by atoms with E-state index in [4.69, 9.17) is 22.2 Å². The first-order chi connectivity index (χ1) is 7.27. The molecule has 0 aliphatic rings. The van der Waals surface area contributed by atoms with Crippen LogP contribution < -0.4 is 0 Å². The van der Waals surface area contributed by atoms with Gasteiger partial charge in [0.05, 0.1) is 0 Å². The lowest BCUT2D eigenvalue weighted by molar-refractivity contribution is 0.562. The van der Waals surface area contributed by atoms with Gasteiger partial charge in [0.2, 0.25) is 7.42 Å². The van der Waals surface area contributed by atoms with E-state index in [9.17, 15) is 0 Å². The minimum atomic E-state index is -1.30. The second-order valence-corrected chi connectivity index (χ2v) is 9.55. The zero-order valence-electron chi connectivity index (χ0n) is 10.1. The van der Waals surface area contributed by atoms with Crippen molar-refractivity contribution in [2.75, 3.05) is 0 Å². The van der Waals surface area contributed by atoms with Crippen molar-refractivity contribution < 1.29 is 0 Å². The molecule has 0 unspecified atom stereocenters. The Bertz CT molecular complexity index is 118. The maximum atomic E-state index is 5.79. The van der Waals surface area contributed by atoms with Crippen LogP contribution in [0, 0.1) is 0 Å². The second-order valence-electron chi connectivity index (χ2n) is 4.36. The SMILES string of the molecule is CCCCCCCCCCCC[SiH](Cl)Cl. The summed E-state index contributed by atoms with van der Waals surface area (Å²) in [6.45, 7) is 2.27. The van der Waals surface area contributed by atoms with Crippen LogP contribution in [0.2, 0.25) is 6.04 Å². The van der Waals surface area contributed by atoms with Gasteiger partial charge in [-0.1, -0.05) is 71.1 Å². The molecule has 0 rings (SSSR count). The molecule has 0 N–H and O–H groups in total. The lowest BCUT2D eigenvalue weighted by Crippen LogP contribution is -1.91. The summed E-state index contributed by atoms with van der Waals surface area (Å²) in [5.41, 5.74) is 0. The predicted molar refractivity (Wildman–Crippen MR) is 75.5 cm³/mol. The molecule has 0 heterocycles. The molecule has 0 aromatic heterocycles. The topological polar surface area (TPSA) is 0 Å². The van der Waals surface area contributed by atoms with Crippen molar-refractivity contribution in [3.8, 4) is 0 Å². The first-order valence-electron chi connectivity index (χ1n) is 6.55. The third-order valence-corrected chi connectivity index (χ3v) is 4.93. The molecule has 0 aliphatic carbocycles. The molecule has 0 aliphatic heterocycles. The zero-order valence-corrected chi connectivity index (χ0v) is 12.8. The fourth-order valence-corrected chi connectivity index (χ4v) is 3.31. The van der Waals surface area contributed by atoms with Crippen LogP contribution >= 0.6 is 22.2 Å². The fourth-order valence-electron chi connectivity index (χ4n) is 1.79. The standard InChI is InChI=1S/C12H26Cl2Si/c1-2-3-4-5-6-7-8-9-10-11-12-15(13)14/h15H,2-12H2,1H3. The summed E-state index contributed by atoms with van der Waals surface area (Å²) in [7, 11) is -1.30. The van der Waals surface area contributed by atoms with Crippen molar-refractivity contribution in [1.82, 2.24) is 0 Å². The van der Waals surface area contributed by atoms with Crippen LogP contribution in [0.25, 0.3) is 0 Å². The first-order valence-corrected chi connectivity index (χ1v) is 10.9. The van der Waals surface area contributed by atoms with Gasteiger partial charge in [-0.2, -0.15) is 22.2 Å². The molecule has 15 heavy (non-hydrogen) atoms. The van der Waals surface area contributed by atoms with E-state index >= 15 is 0 Å². The number of hydrogen-bond donors (Lipinski definition) is 0. The highest BCUT2D eigenvalue weighted by Crippen LogP contribution is 2.13. The van der Waals surface area contributed by atoms with Crippen molar-refractivity contribution >= 4 is 29.6 Å². The number of hydrogen-bond acceptors (Lipinski definition) is 0. The Kier molecular flexibility index (Phi) is 13.5. The maximum Gasteiger partial charge on any atom is 0.237 e. The van der Waals surface area contributed by atoms with Gasteiger partial charge < -0.3 is 0 Å². The Labute approximate surface area is 107 Å². The third-order valence-electron chi connectivity index (χ3n) is 2.78. The van der Waals surface area contributed by atoms with E-state index in [1.54, 1.807) is 0 Å². The summed E-state index contributed by atoms with van der Waals surface area (Å²) in [5.74, 6) is 0. The van der Waals surface area contributed by atoms with Crippen LogP contribution in [0.4, 0.5) is 0 Å². The smallest absolute Gasteiger partial charge is 0.150 e. The molecule has 0 bridgehead atoms. The van der Waals surface area contributed by atoms with Crippen LogP contribution in [0.15, 0.2) is 0 Å². The van der Waals surface area contributed by atoms with Gasteiger partial charge >= 0.3 is 0 Å². The highest BCUT2D eigenvalue weighted by atomic mass is 35.7. The minimum absolute atomic E-state index is 1.10. The Morgan fingerprint density at radius 3 is 1.47 bits per heavy atom. The Balaban J connectivity index is 2.87. The first kappa shape index (κ1) is 15.8. The Hall–Kier alpha value is 0.797. The van der Waals surface area contributed by atoms with Crippen molar-refractivity contribution in [3.05, 3.63) is 0 Å². The quantitative estimate of drug-likeness (QED) is 0.260. The van der Waals surface area contributed by atoms with Crippen LogP contribution in [-0.2, 0) is 0 Å². The normalized spacial score (nSPS) is 11.2. The summed E-state index contributed by atoms with van der Waals surface area (Å²) >= 11 is 11.6. The van der Waals surface area contributed by atoms with Gasteiger partial charge in [-0.25, -0.2) is 0 Å². The van der Waals surface area contributed by atoms with Crippen LogP contribution in [-0.4, -0.2) is 7.42 Å². The molecule has 92 valence electrons. The summed E-state index contributed by atoms with van der Waals surface area (Å²) < 4.78 is 0. The van der Waals surface area contributed by atoms with E-state index in [2.05, 4.69) is 6.92 Å². The van der Waals surface area contributed by atoms with Gasteiger partial charge in [-0.05, 0) is 6.04 Å². The highest BCUT2D eigenvalue weighted by Gasteiger charge is 2.00. The maximum absolute atomic E-state index is 5.79. The molecule has 0 atom stereocenters. The lowest BCUT2D eigenvalue weighted by atomic mass is 10.1. The molecular weight excluding hydrogens is 243 g/mol. The average Bonchev–Trinajstić information content (AvgIpc) is 2.20. The summed E-state index contributed by atoms with van der Waals surface area (Å²) in [5, 5.41) is 0. The van der Waals surface area contributed by atoms with E-state index in [0.717, 1.165) is 6.04 Å². The number of halogens is 2. The zero-order chi connectivity index (χ0) is 11.4. The minimum Gasteiger partial charge on any atom is -0.150 e. The summed E-state index contributed by atoms with van der Waals surface area (Å²) in [6, 6.07) is 1.10. The van der Waals surface area contributed by atoms with E-state index < -0.39 is 7.42 Å². The van der Waals surface area contributed by atoms with Crippen LogP contribution in [0.3, 0.4) is 0 Å². The number of rotatable bonds is 11. The van der Waals surface area contributed by atoms with Gasteiger partial charge in [0.25, 0.3) is 0 Å². The van der Waals surface area contributed by atoms with E-state index in [0.29, 0.717) is 0 Å². The van der Waals surface area contributed by atoms with E-state index in [-0.39, 0.29) is 0 Å². The van der Waals surface area contributed by atoms with Gasteiger partial charge in [-0.15, -0.1) is 0 Å². The highest BCUT2D eigenvalue weighted by molar-refractivity contribution is 7.33. The Morgan fingerprint density at radius 2 is 1.07 bits per heavy atom. The largest absolute Gasteiger partial charge is 0.237 e. The Morgan fingerprint density at radius 1 is 0.667 bits per heavy atom. The average molecular weight is 269 g/mol. The molecular formula is C12H26Cl2Si. The molecule has 0 nitrogen and oxygen atoms in total. The van der Waals surface area contributed by atoms with Gasteiger partial charge in [0, 0.05) is 0 Å². The summed E-state index contributed by atoms with van der Waals surface area (Å²) in [4.78, 5) is 0. The van der Waals surface area contributed by atoms with E-state index in [1.165, 1.54) is 64.2 Å². The molecule has 0 radical (unpaired) electrons. The van der Waals surface area contributed by atoms with Gasteiger partial charge in [0.1, 0.15) is 0 Å². The molecule has 0 aromatic rings. The van der Waals surface area contributed by atoms with Crippen molar-refractivity contribution in [3.63, 3.8) is 0 Å². The molecule has 3 heteroatoms. The van der Waals surface area contributed by atoms with Gasteiger partial charge in [-0.3, -0.25) is 0 Å². The van der Waals surface area contributed by atoms with Crippen molar-refractivity contribution in [1.29, 1.82) is 0 Å². The predicted octanol–water partition coefficient (Wildman–Crippen LogP) is 5.61. The van der Waals surface area contributed by atoms with E-state index in [1.807, 2.05) is 0 Å². The molecule has 0 saturated heterocycles. The molecule has 0 aromatic carbocycles. The molecule has 0 amide bonds. The van der Waals surface area contributed by atoms with Crippen molar-refractivity contribution in [2.45, 2.75) is 77.2 Å². The summed E-state index contributed by atoms with van der Waals surface area (Å²) in [6.07, 6.45) is 13.9. The lowest BCUT2D eigenvalue weighted by Gasteiger charge is -2.02. The monoisotopic (exact) mass is 268 g/mol. The van der Waals surface area contributed by atoms with Crippen LogP contribution in [0.5, 0.6) is 0 Å². The van der Waals surface area contributed by atoms with Gasteiger partial charge in [0.15, 0.2) is 0 Å². The molecule has 0 saturated carbocycles. The number of unbranched alkanes of at least 4 members (excludes halogenated alkanes) is 9.